The summed E-state index contributed by atoms with van der Waals surface area (Å²) in [4.78, 5) is 18.7. The molecule has 6 nitrogen and oxygen atoms in total. The van der Waals surface area contributed by atoms with Crippen molar-refractivity contribution >= 4 is 21.6 Å². The molecule has 0 aliphatic heterocycles. The monoisotopic (exact) mass is 409 g/mol. The molecule has 0 saturated heterocycles. The molecule has 3 aromatic rings. The van der Waals surface area contributed by atoms with Crippen molar-refractivity contribution in [1.82, 2.24) is 9.88 Å². The second-order valence-electron chi connectivity index (χ2n) is 6.52. The number of carbonyl (C=O) groups excluding carboxylic acids is 1. The highest BCUT2D eigenvalue weighted by Crippen LogP contribution is 2.24. The first kappa shape index (κ1) is 20.5. The van der Waals surface area contributed by atoms with Gasteiger partial charge in [-0.1, -0.05) is 30.3 Å². The molecular weight excluding hydrogens is 386 g/mol. The van der Waals surface area contributed by atoms with Crippen molar-refractivity contribution in [2.24, 2.45) is 0 Å². The van der Waals surface area contributed by atoms with Crippen molar-refractivity contribution in [2.75, 3.05) is 17.9 Å². The normalized spacial score (nSPS) is 11.1. The van der Waals surface area contributed by atoms with Gasteiger partial charge in [0.15, 0.2) is 0 Å². The van der Waals surface area contributed by atoms with Crippen molar-refractivity contribution < 1.29 is 13.2 Å². The SMILES string of the molecule is CCN(c1ccccc1)S(=O)(=O)c1cccc(C(=O)N(C)Cc2ccccn2)c1. The van der Waals surface area contributed by atoms with Crippen LogP contribution in [0.3, 0.4) is 0 Å². The van der Waals surface area contributed by atoms with E-state index in [0.29, 0.717) is 17.8 Å². The summed E-state index contributed by atoms with van der Waals surface area (Å²) in [5.74, 6) is -0.268. The maximum atomic E-state index is 13.2. The van der Waals surface area contributed by atoms with Gasteiger partial charge in [0.05, 0.1) is 22.8 Å². The minimum absolute atomic E-state index is 0.0836. The molecule has 0 fully saturated rings. The standard InChI is InChI=1S/C22H23N3O3S/c1-3-25(20-12-5-4-6-13-20)29(27,28)21-14-9-10-18(16-21)22(26)24(2)17-19-11-7-8-15-23-19/h4-16H,3,17H2,1-2H3. The van der Waals surface area contributed by atoms with Gasteiger partial charge in [-0.15, -0.1) is 0 Å². The number of anilines is 1. The Morgan fingerprint density at radius 1 is 0.966 bits per heavy atom. The van der Waals surface area contributed by atoms with Crippen LogP contribution in [0.4, 0.5) is 5.69 Å². The van der Waals surface area contributed by atoms with Crippen molar-refractivity contribution in [3.63, 3.8) is 0 Å². The predicted molar refractivity (Wildman–Crippen MR) is 113 cm³/mol. The molecule has 29 heavy (non-hydrogen) atoms. The zero-order valence-electron chi connectivity index (χ0n) is 16.4. The molecule has 2 aromatic carbocycles. The van der Waals surface area contributed by atoms with Gasteiger partial charge in [-0.2, -0.15) is 0 Å². The highest BCUT2D eigenvalue weighted by atomic mass is 32.2. The van der Waals surface area contributed by atoms with Crippen LogP contribution >= 0.6 is 0 Å². The molecule has 0 N–H and O–H groups in total. The Morgan fingerprint density at radius 3 is 2.34 bits per heavy atom. The van der Waals surface area contributed by atoms with Crippen LogP contribution in [0.15, 0.2) is 83.9 Å². The summed E-state index contributed by atoms with van der Waals surface area (Å²) in [6.07, 6.45) is 1.67. The third-order valence-corrected chi connectivity index (χ3v) is 6.37. The predicted octanol–water partition coefficient (Wildman–Crippen LogP) is 3.57. The second-order valence-corrected chi connectivity index (χ2v) is 8.38. The average Bonchev–Trinajstić information content (AvgIpc) is 2.75. The Balaban J connectivity index is 1.87. The molecule has 0 spiro atoms. The first-order valence-corrected chi connectivity index (χ1v) is 10.7. The third kappa shape index (κ3) is 4.63. The highest BCUT2D eigenvalue weighted by molar-refractivity contribution is 7.92. The van der Waals surface area contributed by atoms with E-state index in [0.717, 1.165) is 5.69 Å². The van der Waals surface area contributed by atoms with Gasteiger partial charge in [0.1, 0.15) is 0 Å². The Kier molecular flexibility index (Phi) is 6.29. The molecule has 7 heteroatoms. The number of aromatic nitrogens is 1. The summed E-state index contributed by atoms with van der Waals surface area (Å²) >= 11 is 0. The van der Waals surface area contributed by atoms with Gasteiger partial charge >= 0.3 is 0 Å². The lowest BCUT2D eigenvalue weighted by atomic mass is 10.2. The average molecular weight is 410 g/mol. The number of benzene rings is 2. The zero-order valence-corrected chi connectivity index (χ0v) is 17.2. The lowest BCUT2D eigenvalue weighted by Crippen LogP contribution is -2.31. The van der Waals surface area contributed by atoms with E-state index in [1.165, 1.54) is 21.3 Å². The van der Waals surface area contributed by atoms with E-state index in [1.54, 1.807) is 56.6 Å². The van der Waals surface area contributed by atoms with Crippen molar-refractivity contribution in [2.45, 2.75) is 18.4 Å². The van der Waals surface area contributed by atoms with Crippen LogP contribution < -0.4 is 4.31 Å². The van der Waals surface area contributed by atoms with E-state index < -0.39 is 10.0 Å². The molecule has 0 aliphatic carbocycles. The molecule has 0 radical (unpaired) electrons. The van der Waals surface area contributed by atoms with Gasteiger partial charge in [0.2, 0.25) is 0 Å². The Hall–Kier alpha value is -3.19. The second kappa shape index (κ2) is 8.87. The Morgan fingerprint density at radius 2 is 1.69 bits per heavy atom. The van der Waals surface area contributed by atoms with E-state index in [-0.39, 0.29) is 17.3 Å². The molecule has 0 unspecified atom stereocenters. The number of nitrogens with zero attached hydrogens (tertiary/aromatic N) is 3. The van der Waals surface area contributed by atoms with Crippen molar-refractivity contribution in [1.29, 1.82) is 0 Å². The summed E-state index contributed by atoms with van der Waals surface area (Å²) in [5.41, 5.74) is 1.65. The molecule has 1 amide bonds. The number of para-hydroxylation sites is 1. The van der Waals surface area contributed by atoms with Gasteiger partial charge in [-0.05, 0) is 49.4 Å². The summed E-state index contributed by atoms with van der Waals surface area (Å²) in [6.45, 7) is 2.39. The molecule has 150 valence electrons. The number of sulfonamides is 1. The fourth-order valence-corrected chi connectivity index (χ4v) is 4.55. The van der Waals surface area contributed by atoms with E-state index in [9.17, 15) is 13.2 Å². The molecule has 0 atom stereocenters. The highest BCUT2D eigenvalue weighted by Gasteiger charge is 2.25. The molecule has 0 aliphatic rings. The molecule has 0 bridgehead atoms. The van der Waals surface area contributed by atoms with Gasteiger partial charge < -0.3 is 4.90 Å². The van der Waals surface area contributed by atoms with Gasteiger partial charge in [0.25, 0.3) is 15.9 Å². The van der Waals surface area contributed by atoms with Crippen LogP contribution in [0.2, 0.25) is 0 Å². The minimum Gasteiger partial charge on any atom is -0.336 e. The quantitative estimate of drug-likeness (QED) is 0.598. The third-order valence-electron chi connectivity index (χ3n) is 4.47. The fourth-order valence-electron chi connectivity index (χ4n) is 3.03. The van der Waals surface area contributed by atoms with Crippen LogP contribution in [0.25, 0.3) is 0 Å². The van der Waals surface area contributed by atoms with Crippen LogP contribution in [-0.2, 0) is 16.6 Å². The molecule has 0 saturated carbocycles. The van der Waals surface area contributed by atoms with Crippen LogP contribution in [0, 0.1) is 0 Å². The van der Waals surface area contributed by atoms with Crippen molar-refractivity contribution in [3.8, 4) is 0 Å². The smallest absolute Gasteiger partial charge is 0.264 e. The van der Waals surface area contributed by atoms with E-state index in [1.807, 2.05) is 24.3 Å². The number of pyridine rings is 1. The van der Waals surface area contributed by atoms with Crippen LogP contribution in [0.5, 0.6) is 0 Å². The van der Waals surface area contributed by atoms with Gasteiger partial charge in [-0.3, -0.25) is 14.1 Å². The Labute approximate surface area is 171 Å². The van der Waals surface area contributed by atoms with Crippen molar-refractivity contribution in [3.05, 3.63) is 90.3 Å². The number of rotatable bonds is 7. The first-order valence-electron chi connectivity index (χ1n) is 9.26. The number of carbonyl (C=O) groups is 1. The lowest BCUT2D eigenvalue weighted by Gasteiger charge is -2.23. The minimum atomic E-state index is -3.79. The zero-order chi connectivity index (χ0) is 20.9. The molecule has 1 aromatic heterocycles. The summed E-state index contributed by atoms with van der Waals surface area (Å²) in [7, 11) is -2.13. The summed E-state index contributed by atoms with van der Waals surface area (Å²) < 4.78 is 27.7. The molecule has 1 heterocycles. The maximum Gasteiger partial charge on any atom is 0.264 e. The van der Waals surface area contributed by atoms with E-state index >= 15 is 0 Å². The van der Waals surface area contributed by atoms with Crippen LogP contribution in [-0.4, -0.2) is 37.8 Å². The fraction of sp³-hybridized carbons (Fsp3) is 0.182. The summed E-state index contributed by atoms with van der Waals surface area (Å²) in [5, 5.41) is 0. The van der Waals surface area contributed by atoms with E-state index in [4.69, 9.17) is 0 Å². The molecule has 3 rings (SSSR count). The summed E-state index contributed by atoms with van der Waals surface area (Å²) in [6, 6.07) is 20.6. The van der Waals surface area contributed by atoms with Crippen LogP contribution in [0.1, 0.15) is 23.0 Å². The lowest BCUT2D eigenvalue weighted by molar-refractivity contribution is 0.0783. The number of hydrogen-bond acceptors (Lipinski definition) is 4. The molecular formula is C22H23N3O3S. The number of hydrogen-bond donors (Lipinski definition) is 0. The largest absolute Gasteiger partial charge is 0.336 e. The first-order chi connectivity index (χ1) is 13.9. The van der Waals surface area contributed by atoms with Gasteiger partial charge in [0, 0.05) is 25.4 Å². The van der Waals surface area contributed by atoms with Gasteiger partial charge in [-0.25, -0.2) is 8.42 Å². The van der Waals surface area contributed by atoms with E-state index in [2.05, 4.69) is 4.98 Å². The maximum absolute atomic E-state index is 13.2. The Bertz CT molecular complexity index is 1070. The topological polar surface area (TPSA) is 70.6 Å². The number of amides is 1.